The molecule has 1 aliphatic rings. The number of carbonyl (C=O) groups is 1. The van der Waals surface area contributed by atoms with E-state index in [-0.39, 0.29) is 6.03 Å². The standard InChI is InChI=1S/C17H27N3O4/c1-22-12-4-7-19-8-10-20(11-9-19)17(21)18-15-6-5-14(23-2)13-16(15)24-3/h5-6,13H,4,7-12H2,1-3H3,(H,18,21). The first-order valence-corrected chi connectivity index (χ1v) is 8.17. The van der Waals surface area contributed by atoms with E-state index in [1.807, 2.05) is 4.90 Å². The molecule has 1 aromatic rings. The zero-order valence-corrected chi connectivity index (χ0v) is 14.7. The van der Waals surface area contributed by atoms with E-state index in [1.165, 1.54) is 0 Å². The van der Waals surface area contributed by atoms with Crippen LogP contribution in [0.15, 0.2) is 18.2 Å². The van der Waals surface area contributed by atoms with Crippen molar-refractivity contribution in [2.45, 2.75) is 6.42 Å². The Kier molecular flexibility index (Phi) is 7.14. The summed E-state index contributed by atoms with van der Waals surface area (Å²) in [7, 11) is 4.89. The number of ether oxygens (including phenoxy) is 3. The minimum Gasteiger partial charge on any atom is -0.497 e. The largest absolute Gasteiger partial charge is 0.497 e. The predicted octanol–water partition coefficient (Wildman–Crippen LogP) is 1.89. The van der Waals surface area contributed by atoms with Gasteiger partial charge in [-0.1, -0.05) is 0 Å². The number of hydrogen-bond acceptors (Lipinski definition) is 5. The maximum Gasteiger partial charge on any atom is 0.322 e. The summed E-state index contributed by atoms with van der Waals surface area (Å²) in [6, 6.07) is 5.24. The third kappa shape index (κ3) is 5.01. The highest BCUT2D eigenvalue weighted by molar-refractivity contribution is 5.91. The monoisotopic (exact) mass is 337 g/mol. The minimum atomic E-state index is -0.102. The third-order valence-corrected chi connectivity index (χ3v) is 4.13. The molecule has 1 N–H and O–H groups in total. The van der Waals surface area contributed by atoms with Crippen molar-refractivity contribution in [1.82, 2.24) is 9.80 Å². The van der Waals surface area contributed by atoms with Crippen LogP contribution >= 0.6 is 0 Å². The van der Waals surface area contributed by atoms with E-state index in [4.69, 9.17) is 14.2 Å². The number of benzene rings is 1. The lowest BCUT2D eigenvalue weighted by Gasteiger charge is -2.34. The first kappa shape index (κ1) is 18.4. The highest BCUT2D eigenvalue weighted by Gasteiger charge is 2.21. The van der Waals surface area contributed by atoms with Gasteiger partial charge in [-0.3, -0.25) is 4.90 Å². The van der Waals surface area contributed by atoms with Crippen LogP contribution in [0, 0.1) is 0 Å². The molecule has 0 atom stereocenters. The molecule has 0 spiro atoms. The molecule has 1 saturated heterocycles. The summed E-state index contributed by atoms with van der Waals surface area (Å²) in [6.45, 7) is 5.00. The Bertz CT molecular complexity index is 531. The first-order chi connectivity index (χ1) is 11.7. The minimum absolute atomic E-state index is 0.102. The molecule has 1 aromatic carbocycles. The topological polar surface area (TPSA) is 63.3 Å². The van der Waals surface area contributed by atoms with Gasteiger partial charge >= 0.3 is 6.03 Å². The van der Waals surface area contributed by atoms with Crippen molar-refractivity contribution in [2.75, 3.05) is 66.0 Å². The maximum absolute atomic E-state index is 12.4. The molecule has 7 heteroatoms. The highest BCUT2D eigenvalue weighted by atomic mass is 16.5. The van der Waals surface area contributed by atoms with Crippen LogP contribution in [0.2, 0.25) is 0 Å². The van der Waals surface area contributed by atoms with Crippen molar-refractivity contribution in [2.24, 2.45) is 0 Å². The van der Waals surface area contributed by atoms with Crippen LogP contribution in [0.1, 0.15) is 6.42 Å². The zero-order valence-electron chi connectivity index (χ0n) is 14.7. The molecule has 1 heterocycles. The summed E-state index contributed by atoms with van der Waals surface area (Å²) in [5.74, 6) is 1.27. The summed E-state index contributed by atoms with van der Waals surface area (Å²) in [5, 5.41) is 2.92. The normalized spacial score (nSPS) is 15.2. The average molecular weight is 337 g/mol. The van der Waals surface area contributed by atoms with Gasteiger partial charge in [0.25, 0.3) is 0 Å². The average Bonchev–Trinajstić information content (AvgIpc) is 2.62. The molecule has 0 aromatic heterocycles. The second-order valence-electron chi connectivity index (χ2n) is 5.67. The van der Waals surface area contributed by atoms with Gasteiger partial charge < -0.3 is 24.4 Å². The molecule has 2 amide bonds. The van der Waals surface area contributed by atoms with Gasteiger partial charge in [-0.2, -0.15) is 0 Å². The van der Waals surface area contributed by atoms with Crippen molar-refractivity contribution < 1.29 is 19.0 Å². The number of anilines is 1. The fourth-order valence-electron chi connectivity index (χ4n) is 2.70. The van der Waals surface area contributed by atoms with E-state index < -0.39 is 0 Å². The molecule has 0 aliphatic carbocycles. The smallest absolute Gasteiger partial charge is 0.322 e. The Labute approximate surface area is 143 Å². The molecule has 7 nitrogen and oxygen atoms in total. The molecule has 134 valence electrons. The lowest BCUT2D eigenvalue weighted by Crippen LogP contribution is -2.50. The molecule has 24 heavy (non-hydrogen) atoms. The van der Waals surface area contributed by atoms with Crippen LogP contribution in [0.4, 0.5) is 10.5 Å². The van der Waals surface area contributed by atoms with Crippen LogP contribution in [0.3, 0.4) is 0 Å². The SMILES string of the molecule is COCCCN1CCN(C(=O)Nc2ccc(OC)cc2OC)CC1. The Morgan fingerprint density at radius 2 is 1.88 bits per heavy atom. The van der Waals surface area contributed by atoms with Crippen LogP contribution in [0.5, 0.6) is 11.5 Å². The molecule has 0 bridgehead atoms. The van der Waals surface area contributed by atoms with Crippen molar-refractivity contribution in [1.29, 1.82) is 0 Å². The molecule has 0 radical (unpaired) electrons. The third-order valence-electron chi connectivity index (χ3n) is 4.13. The lowest BCUT2D eigenvalue weighted by atomic mass is 10.2. The summed E-state index contributed by atoms with van der Waals surface area (Å²) in [4.78, 5) is 16.6. The quantitative estimate of drug-likeness (QED) is 0.770. The molecule has 2 rings (SSSR count). The predicted molar refractivity (Wildman–Crippen MR) is 93.1 cm³/mol. The number of carbonyl (C=O) groups excluding carboxylic acids is 1. The fraction of sp³-hybridized carbons (Fsp3) is 0.588. The molecule has 0 saturated carbocycles. The number of hydrogen-bond donors (Lipinski definition) is 1. The molecular weight excluding hydrogens is 310 g/mol. The second-order valence-corrected chi connectivity index (χ2v) is 5.67. The zero-order chi connectivity index (χ0) is 17.4. The van der Waals surface area contributed by atoms with Crippen molar-refractivity contribution >= 4 is 11.7 Å². The summed E-state index contributed by atoms with van der Waals surface area (Å²) in [6.07, 6.45) is 1.02. The number of urea groups is 1. The summed E-state index contributed by atoms with van der Waals surface area (Å²) in [5.41, 5.74) is 0.644. The maximum atomic E-state index is 12.4. The molecule has 1 aliphatic heterocycles. The van der Waals surface area contributed by atoms with E-state index in [0.29, 0.717) is 17.2 Å². The van der Waals surface area contributed by atoms with E-state index in [0.717, 1.165) is 45.8 Å². The van der Waals surface area contributed by atoms with Crippen molar-refractivity contribution in [3.8, 4) is 11.5 Å². The number of methoxy groups -OCH3 is 3. The Hall–Kier alpha value is -1.99. The summed E-state index contributed by atoms with van der Waals surface area (Å²) >= 11 is 0. The van der Waals surface area contributed by atoms with Crippen LogP contribution in [0.25, 0.3) is 0 Å². The van der Waals surface area contributed by atoms with Gasteiger partial charge in [-0.15, -0.1) is 0 Å². The van der Waals surface area contributed by atoms with Crippen LogP contribution < -0.4 is 14.8 Å². The van der Waals surface area contributed by atoms with E-state index >= 15 is 0 Å². The van der Waals surface area contributed by atoms with E-state index in [2.05, 4.69) is 10.2 Å². The van der Waals surface area contributed by atoms with Crippen molar-refractivity contribution in [3.63, 3.8) is 0 Å². The number of nitrogens with one attached hydrogen (secondary N) is 1. The van der Waals surface area contributed by atoms with Crippen LogP contribution in [-0.2, 0) is 4.74 Å². The molecule has 1 fully saturated rings. The van der Waals surface area contributed by atoms with Gasteiger partial charge in [0, 0.05) is 52.5 Å². The number of amides is 2. The van der Waals surface area contributed by atoms with E-state index in [9.17, 15) is 4.79 Å². The Morgan fingerprint density at radius 3 is 2.50 bits per heavy atom. The number of piperazine rings is 1. The van der Waals surface area contributed by atoms with Gasteiger partial charge in [0.05, 0.1) is 19.9 Å². The first-order valence-electron chi connectivity index (χ1n) is 8.17. The van der Waals surface area contributed by atoms with Gasteiger partial charge in [0.1, 0.15) is 11.5 Å². The Balaban J connectivity index is 1.85. The number of rotatable bonds is 7. The molecule has 0 unspecified atom stereocenters. The van der Waals surface area contributed by atoms with Gasteiger partial charge in [-0.05, 0) is 18.6 Å². The number of nitrogens with zero attached hydrogens (tertiary/aromatic N) is 2. The van der Waals surface area contributed by atoms with Crippen LogP contribution in [-0.4, -0.2) is 76.5 Å². The fourth-order valence-corrected chi connectivity index (χ4v) is 2.70. The highest BCUT2D eigenvalue weighted by Crippen LogP contribution is 2.29. The van der Waals surface area contributed by atoms with Crippen molar-refractivity contribution in [3.05, 3.63) is 18.2 Å². The van der Waals surface area contributed by atoms with Gasteiger partial charge in [-0.25, -0.2) is 4.79 Å². The van der Waals surface area contributed by atoms with Gasteiger partial charge in [0.15, 0.2) is 0 Å². The summed E-state index contributed by atoms with van der Waals surface area (Å²) < 4.78 is 15.6. The van der Waals surface area contributed by atoms with Gasteiger partial charge in [0.2, 0.25) is 0 Å². The van der Waals surface area contributed by atoms with E-state index in [1.54, 1.807) is 39.5 Å². The second kappa shape index (κ2) is 9.34. The lowest BCUT2D eigenvalue weighted by molar-refractivity contribution is 0.130. The molecular formula is C17H27N3O4. The Morgan fingerprint density at radius 1 is 1.12 bits per heavy atom.